The van der Waals surface area contributed by atoms with Crippen LogP contribution in [0.3, 0.4) is 0 Å². The maximum absolute atomic E-state index is 13.4. The number of carbonyl (C=O) groups is 2. The molecular formula is C22H22FN3O2. The molecule has 0 aliphatic carbocycles. The first kappa shape index (κ1) is 18.2. The van der Waals surface area contributed by atoms with Gasteiger partial charge in [-0.2, -0.15) is 0 Å². The third-order valence-electron chi connectivity index (χ3n) is 5.35. The van der Waals surface area contributed by atoms with Crippen LogP contribution in [-0.4, -0.2) is 52.8 Å². The predicted molar refractivity (Wildman–Crippen MR) is 106 cm³/mol. The summed E-state index contributed by atoms with van der Waals surface area (Å²) in [6, 6.07) is 13.7. The van der Waals surface area contributed by atoms with Crippen molar-refractivity contribution in [2.75, 3.05) is 26.2 Å². The Bertz CT molecular complexity index is 1040. The van der Waals surface area contributed by atoms with Crippen LogP contribution in [0.25, 0.3) is 10.9 Å². The molecule has 5 nitrogen and oxygen atoms in total. The minimum atomic E-state index is -0.422. The lowest BCUT2D eigenvalue weighted by Crippen LogP contribution is -2.51. The molecule has 0 radical (unpaired) electrons. The second-order valence-electron chi connectivity index (χ2n) is 7.13. The van der Waals surface area contributed by atoms with Crippen LogP contribution >= 0.6 is 0 Å². The number of H-pyrrole nitrogens is 1. The van der Waals surface area contributed by atoms with E-state index >= 15 is 0 Å². The molecule has 1 aromatic heterocycles. The summed E-state index contributed by atoms with van der Waals surface area (Å²) in [5.74, 6) is -0.557. The molecule has 1 aliphatic heterocycles. The number of benzene rings is 2. The number of hydrogen-bond acceptors (Lipinski definition) is 2. The van der Waals surface area contributed by atoms with Crippen molar-refractivity contribution < 1.29 is 14.0 Å². The van der Waals surface area contributed by atoms with Crippen molar-refractivity contribution >= 4 is 22.7 Å². The van der Waals surface area contributed by atoms with Gasteiger partial charge in [-0.3, -0.25) is 9.59 Å². The number of nitrogens with one attached hydrogen (secondary N) is 1. The van der Waals surface area contributed by atoms with Crippen molar-refractivity contribution in [2.24, 2.45) is 0 Å². The van der Waals surface area contributed by atoms with Crippen molar-refractivity contribution in [2.45, 2.75) is 13.3 Å². The smallest absolute Gasteiger partial charge is 0.254 e. The third-order valence-corrected chi connectivity index (χ3v) is 5.35. The molecule has 28 heavy (non-hydrogen) atoms. The van der Waals surface area contributed by atoms with Gasteiger partial charge < -0.3 is 14.8 Å². The Morgan fingerprint density at radius 3 is 2.46 bits per heavy atom. The van der Waals surface area contributed by atoms with Crippen LogP contribution in [0.2, 0.25) is 0 Å². The van der Waals surface area contributed by atoms with Crippen molar-refractivity contribution in [1.82, 2.24) is 14.8 Å². The van der Waals surface area contributed by atoms with Crippen LogP contribution in [0.15, 0.2) is 48.5 Å². The van der Waals surface area contributed by atoms with Gasteiger partial charge in [0.15, 0.2) is 0 Å². The van der Waals surface area contributed by atoms with Gasteiger partial charge >= 0.3 is 0 Å². The van der Waals surface area contributed by atoms with Gasteiger partial charge in [-0.25, -0.2) is 4.39 Å². The zero-order valence-electron chi connectivity index (χ0n) is 15.7. The van der Waals surface area contributed by atoms with Crippen LogP contribution in [0.5, 0.6) is 0 Å². The summed E-state index contributed by atoms with van der Waals surface area (Å²) in [4.78, 5) is 32.1. The molecule has 1 saturated heterocycles. The largest absolute Gasteiger partial charge is 0.358 e. The third kappa shape index (κ3) is 3.50. The van der Waals surface area contributed by atoms with E-state index in [4.69, 9.17) is 0 Å². The second kappa shape index (κ2) is 7.46. The Morgan fingerprint density at radius 1 is 1.00 bits per heavy atom. The first-order valence-corrected chi connectivity index (χ1v) is 9.42. The number of aromatic amines is 1. The second-order valence-corrected chi connectivity index (χ2v) is 7.13. The van der Waals surface area contributed by atoms with E-state index in [9.17, 15) is 14.0 Å². The number of para-hydroxylation sites is 1. The first-order chi connectivity index (χ1) is 13.5. The minimum absolute atomic E-state index is 0.0608. The SMILES string of the molecule is Cc1[nH]c2ccccc2c1CC(=O)N1CCN(C(=O)c2cccc(F)c2)CC1. The number of carbonyl (C=O) groups excluding carboxylic acids is 2. The number of hydrogen-bond donors (Lipinski definition) is 1. The molecule has 1 N–H and O–H groups in total. The number of rotatable bonds is 3. The van der Waals surface area contributed by atoms with Gasteiger partial charge in [-0.15, -0.1) is 0 Å². The van der Waals surface area contributed by atoms with Gasteiger partial charge in [0.2, 0.25) is 5.91 Å². The zero-order chi connectivity index (χ0) is 19.7. The molecule has 0 spiro atoms. The minimum Gasteiger partial charge on any atom is -0.358 e. The van der Waals surface area contributed by atoms with E-state index in [2.05, 4.69) is 4.98 Å². The van der Waals surface area contributed by atoms with Gasteiger partial charge in [-0.1, -0.05) is 24.3 Å². The predicted octanol–water partition coefficient (Wildman–Crippen LogP) is 3.14. The van der Waals surface area contributed by atoms with E-state index in [-0.39, 0.29) is 11.8 Å². The number of aryl methyl sites for hydroxylation is 1. The Kier molecular flexibility index (Phi) is 4.86. The Morgan fingerprint density at radius 2 is 1.71 bits per heavy atom. The molecule has 144 valence electrons. The highest BCUT2D eigenvalue weighted by Crippen LogP contribution is 2.23. The summed E-state index contributed by atoms with van der Waals surface area (Å²) < 4.78 is 13.4. The van der Waals surface area contributed by atoms with Gasteiger partial charge in [0, 0.05) is 48.3 Å². The number of nitrogens with zero attached hydrogens (tertiary/aromatic N) is 2. The maximum Gasteiger partial charge on any atom is 0.254 e. The Balaban J connectivity index is 1.40. The van der Waals surface area contributed by atoms with Gasteiger partial charge in [-0.05, 0) is 36.8 Å². The molecule has 0 saturated carbocycles. The van der Waals surface area contributed by atoms with E-state index in [1.807, 2.05) is 31.2 Å². The van der Waals surface area contributed by atoms with Crippen LogP contribution in [0.4, 0.5) is 4.39 Å². The molecule has 0 bridgehead atoms. The highest BCUT2D eigenvalue weighted by Gasteiger charge is 2.26. The van der Waals surface area contributed by atoms with E-state index in [1.165, 1.54) is 18.2 Å². The Labute approximate surface area is 162 Å². The molecule has 6 heteroatoms. The molecular weight excluding hydrogens is 357 g/mol. The van der Waals surface area contributed by atoms with Crippen molar-refractivity contribution in [3.8, 4) is 0 Å². The van der Waals surface area contributed by atoms with E-state index in [0.717, 1.165) is 22.2 Å². The number of fused-ring (bicyclic) bond motifs is 1. The topological polar surface area (TPSA) is 56.4 Å². The number of amides is 2. The molecule has 0 unspecified atom stereocenters. The Hall–Kier alpha value is -3.15. The quantitative estimate of drug-likeness (QED) is 0.760. The van der Waals surface area contributed by atoms with Crippen LogP contribution in [0.1, 0.15) is 21.6 Å². The monoisotopic (exact) mass is 379 g/mol. The molecule has 2 amide bonds. The molecule has 2 heterocycles. The van der Waals surface area contributed by atoms with Crippen LogP contribution in [0, 0.1) is 12.7 Å². The average Bonchev–Trinajstić information content (AvgIpc) is 3.03. The fourth-order valence-electron chi connectivity index (χ4n) is 3.79. The summed E-state index contributed by atoms with van der Waals surface area (Å²) in [5, 5.41) is 1.08. The number of piperazine rings is 1. The summed E-state index contributed by atoms with van der Waals surface area (Å²) in [5.41, 5.74) is 3.41. The maximum atomic E-state index is 13.4. The lowest BCUT2D eigenvalue weighted by molar-refractivity contribution is -0.131. The normalized spacial score (nSPS) is 14.5. The summed E-state index contributed by atoms with van der Waals surface area (Å²) in [6.45, 7) is 3.86. The van der Waals surface area contributed by atoms with Gasteiger partial charge in [0.05, 0.1) is 6.42 Å². The van der Waals surface area contributed by atoms with Crippen molar-refractivity contribution in [1.29, 1.82) is 0 Å². The highest BCUT2D eigenvalue weighted by atomic mass is 19.1. The molecule has 4 rings (SSSR count). The van der Waals surface area contributed by atoms with Gasteiger partial charge in [0.25, 0.3) is 5.91 Å². The average molecular weight is 379 g/mol. The molecule has 3 aromatic rings. The summed E-state index contributed by atoms with van der Waals surface area (Å²) >= 11 is 0. The van der Waals surface area contributed by atoms with E-state index < -0.39 is 5.82 Å². The van der Waals surface area contributed by atoms with Crippen LogP contribution < -0.4 is 0 Å². The standard InChI is InChI=1S/C22H22FN3O2/c1-15-19(18-7-2-3-8-20(18)24-15)14-21(27)25-9-11-26(12-10-25)22(28)16-5-4-6-17(23)13-16/h2-8,13,24H,9-12,14H2,1H3. The van der Waals surface area contributed by atoms with Crippen LogP contribution in [-0.2, 0) is 11.2 Å². The fraction of sp³-hybridized carbons (Fsp3) is 0.273. The summed E-state index contributed by atoms with van der Waals surface area (Å²) in [6.07, 6.45) is 0.341. The molecule has 1 fully saturated rings. The molecule has 0 atom stereocenters. The summed E-state index contributed by atoms with van der Waals surface area (Å²) in [7, 11) is 0. The molecule has 1 aliphatic rings. The first-order valence-electron chi connectivity index (χ1n) is 9.42. The van der Waals surface area contributed by atoms with Gasteiger partial charge in [0.1, 0.15) is 5.82 Å². The van der Waals surface area contributed by atoms with Crippen molar-refractivity contribution in [3.63, 3.8) is 0 Å². The zero-order valence-corrected chi connectivity index (χ0v) is 15.7. The fourth-order valence-corrected chi connectivity index (χ4v) is 3.79. The lowest BCUT2D eigenvalue weighted by atomic mass is 10.1. The number of aromatic nitrogens is 1. The highest BCUT2D eigenvalue weighted by molar-refractivity contribution is 5.94. The van der Waals surface area contributed by atoms with E-state index in [1.54, 1.807) is 15.9 Å². The van der Waals surface area contributed by atoms with E-state index in [0.29, 0.717) is 38.2 Å². The molecule has 2 aromatic carbocycles. The lowest BCUT2D eigenvalue weighted by Gasteiger charge is -2.35. The van der Waals surface area contributed by atoms with Crippen molar-refractivity contribution in [3.05, 3.63) is 71.2 Å². The number of halogens is 1.